The number of benzene rings is 1. The zero-order chi connectivity index (χ0) is 14.3. The van der Waals surface area contributed by atoms with Crippen molar-refractivity contribution in [3.63, 3.8) is 0 Å². The highest BCUT2D eigenvalue weighted by molar-refractivity contribution is 5.48. The molecule has 0 fully saturated rings. The van der Waals surface area contributed by atoms with Crippen molar-refractivity contribution in [2.45, 2.75) is 25.9 Å². The number of aromatic nitrogens is 4. The van der Waals surface area contributed by atoms with E-state index < -0.39 is 12.4 Å². The minimum atomic E-state index is -3.67. The molecule has 0 aliphatic carbocycles. The molecule has 9 heteroatoms. The first-order valence-corrected chi connectivity index (χ1v) is 5.78. The summed E-state index contributed by atoms with van der Waals surface area (Å²) in [5, 5.41) is 20.3. The lowest BCUT2D eigenvalue weighted by Crippen LogP contribution is -2.26. The van der Waals surface area contributed by atoms with Crippen molar-refractivity contribution in [1.29, 1.82) is 0 Å². The number of ether oxygens (including phenoxy) is 2. The monoisotopic (exact) mass is 284 g/mol. The van der Waals surface area contributed by atoms with Crippen LogP contribution in [-0.2, 0) is 6.54 Å². The highest BCUT2D eigenvalue weighted by Gasteiger charge is 2.44. The van der Waals surface area contributed by atoms with Gasteiger partial charge in [0.15, 0.2) is 17.3 Å². The Morgan fingerprint density at radius 2 is 2.20 bits per heavy atom. The average molecular weight is 284 g/mol. The number of aliphatic hydroxyl groups excluding tert-OH is 1. The fourth-order valence-corrected chi connectivity index (χ4v) is 1.93. The van der Waals surface area contributed by atoms with Crippen molar-refractivity contribution in [2.24, 2.45) is 0 Å². The molecule has 0 amide bonds. The first kappa shape index (κ1) is 12.7. The Balaban J connectivity index is 1.94. The number of aliphatic hydroxyl groups is 1. The van der Waals surface area contributed by atoms with Crippen LogP contribution in [0.2, 0.25) is 0 Å². The van der Waals surface area contributed by atoms with Crippen molar-refractivity contribution in [3.8, 4) is 11.5 Å². The van der Waals surface area contributed by atoms with E-state index in [1.807, 2.05) is 0 Å². The number of tetrazole rings is 1. The van der Waals surface area contributed by atoms with Crippen molar-refractivity contribution in [3.05, 3.63) is 29.6 Å². The normalized spacial score (nSPS) is 17.2. The van der Waals surface area contributed by atoms with Gasteiger partial charge in [-0.2, -0.15) is 0 Å². The molecule has 106 valence electrons. The van der Waals surface area contributed by atoms with Crippen LogP contribution in [0, 0.1) is 0 Å². The highest BCUT2D eigenvalue weighted by Crippen LogP contribution is 2.43. The fraction of sp³-hybridized carbons (Fsp3) is 0.364. The van der Waals surface area contributed by atoms with E-state index in [-0.39, 0.29) is 23.9 Å². The SMILES string of the molecule is CC(O)c1nnnn1Cc1cccc2c1OC(F)(F)O2. The van der Waals surface area contributed by atoms with Gasteiger partial charge < -0.3 is 14.6 Å². The summed E-state index contributed by atoms with van der Waals surface area (Å²) in [6, 6.07) is 4.54. The quantitative estimate of drug-likeness (QED) is 0.908. The topological polar surface area (TPSA) is 82.3 Å². The Bertz CT molecular complexity index is 644. The Morgan fingerprint density at radius 3 is 2.95 bits per heavy atom. The van der Waals surface area contributed by atoms with Crippen LogP contribution in [0.3, 0.4) is 0 Å². The number of hydrogen-bond donors (Lipinski definition) is 1. The van der Waals surface area contributed by atoms with Gasteiger partial charge in [-0.25, -0.2) is 4.68 Å². The largest absolute Gasteiger partial charge is 0.586 e. The number of fused-ring (bicyclic) bond motifs is 1. The predicted molar refractivity (Wildman–Crippen MR) is 60.2 cm³/mol. The standard InChI is InChI=1S/C11H10F2N4O3/c1-6(18)10-14-15-16-17(10)5-7-3-2-4-8-9(7)20-11(12,13)19-8/h2-4,6,18H,5H2,1H3. The third-order valence-corrected chi connectivity index (χ3v) is 2.76. The molecule has 7 nitrogen and oxygen atoms in total. The first-order chi connectivity index (χ1) is 9.46. The van der Waals surface area contributed by atoms with Gasteiger partial charge in [0.25, 0.3) is 0 Å². The number of para-hydroxylation sites is 1. The number of halogens is 2. The minimum Gasteiger partial charge on any atom is -0.395 e. The number of hydrogen-bond acceptors (Lipinski definition) is 6. The Labute approximate surface area is 111 Å². The van der Waals surface area contributed by atoms with Gasteiger partial charge in [0.2, 0.25) is 0 Å². The molecule has 1 unspecified atom stereocenters. The number of rotatable bonds is 3. The smallest absolute Gasteiger partial charge is 0.395 e. The Kier molecular flexibility index (Phi) is 2.78. The Morgan fingerprint density at radius 1 is 1.40 bits per heavy atom. The summed E-state index contributed by atoms with van der Waals surface area (Å²) >= 11 is 0. The maximum atomic E-state index is 13.1. The second-order valence-corrected chi connectivity index (χ2v) is 4.28. The summed E-state index contributed by atoms with van der Waals surface area (Å²) in [5.41, 5.74) is 0.425. The van der Waals surface area contributed by atoms with Crippen LogP contribution in [0.1, 0.15) is 24.4 Å². The first-order valence-electron chi connectivity index (χ1n) is 5.78. The summed E-state index contributed by atoms with van der Waals surface area (Å²) < 4.78 is 36.3. The molecule has 0 bridgehead atoms. The van der Waals surface area contributed by atoms with Gasteiger partial charge >= 0.3 is 6.29 Å². The molecule has 20 heavy (non-hydrogen) atoms. The van der Waals surface area contributed by atoms with E-state index in [0.717, 1.165) is 0 Å². The van der Waals surface area contributed by atoms with Crippen LogP contribution in [0.5, 0.6) is 11.5 Å². The van der Waals surface area contributed by atoms with Crippen molar-refractivity contribution in [2.75, 3.05) is 0 Å². The fourth-order valence-electron chi connectivity index (χ4n) is 1.93. The molecule has 0 saturated heterocycles. The summed E-state index contributed by atoms with van der Waals surface area (Å²) in [4.78, 5) is 0. The predicted octanol–water partition coefficient (Wildman–Crippen LogP) is 1.10. The van der Waals surface area contributed by atoms with E-state index in [2.05, 4.69) is 25.0 Å². The molecule has 1 N–H and O–H groups in total. The third-order valence-electron chi connectivity index (χ3n) is 2.76. The molecule has 0 radical (unpaired) electrons. The van der Waals surface area contributed by atoms with Gasteiger partial charge in [0.05, 0.1) is 6.54 Å². The van der Waals surface area contributed by atoms with Crippen LogP contribution in [0.25, 0.3) is 0 Å². The average Bonchev–Trinajstić information content (AvgIpc) is 2.92. The minimum absolute atomic E-state index is 0.0424. The van der Waals surface area contributed by atoms with E-state index in [1.54, 1.807) is 12.1 Å². The summed E-state index contributed by atoms with van der Waals surface area (Å²) in [6.45, 7) is 1.58. The van der Waals surface area contributed by atoms with Crippen molar-refractivity contribution < 1.29 is 23.4 Å². The van der Waals surface area contributed by atoms with Crippen molar-refractivity contribution in [1.82, 2.24) is 20.2 Å². The van der Waals surface area contributed by atoms with Gasteiger partial charge in [-0.15, -0.1) is 13.9 Å². The lowest BCUT2D eigenvalue weighted by molar-refractivity contribution is -0.286. The van der Waals surface area contributed by atoms with E-state index in [9.17, 15) is 13.9 Å². The maximum absolute atomic E-state index is 13.1. The Hall–Kier alpha value is -2.29. The van der Waals surface area contributed by atoms with Crippen LogP contribution in [0.4, 0.5) is 8.78 Å². The van der Waals surface area contributed by atoms with Crippen molar-refractivity contribution >= 4 is 0 Å². The van der Waals surface area contributed by atoms with Gasteiger partial charge in [-0.05, 0) is 23.4 Å². The van der Waals surface area contributed by atoms with Crippen LogP contribution in [-0.4, -0.2) is 31.6 Å². The molecule has 1 aliphatic heterocycles. The van der Waals surface area contributed by atoms with Gasteiger partial charge in [0, 0.05) is 5.56 Å². The molecule has 0 saturated carbocycles. The van der Waals surface area contributed by atoms with E-state index in [4.69, 9.17) is 0 Å². The zero-order valence-electron chi connectivity index (χ0n) is 10.3. The number of nitrogens with zero attached hydrogens (tertiary/aromatic N) is 4. The summed E-state index contributed by atoms with van der Waals surface area (Å²) in [7, 11) is 0. The van der Waals surface area contributed by atoms with Gasteiger partial charge in [0.1, 0.15) is 6.10 Å². The lowest BCUT2D eigenvalue weighted by Gasteiger charge is -2.09. The molecular weight excluding hydrogens is 274 g/mol. The second kappa shape index (κ2) is 4.37. The molecule has 2 aromatic rings. The summed E-state index contributed by atoms with van der Waals surface area (Å²) in [6.07, 6.45) is -4.55. The van der Waals surface area contributed by atoms with Crippen LogP contribution >= 0.6 is 0 Å². The molecule has 1 atom stereocenters. The zero-order valence-corrected chi connectivity index (χ0v) is 10.3. The van der Waals surface area contributed by atoms with Crippen LogP contribution < -0.4 is 9.47 Å². The second-order valence-electron chi connectivity index (χ2n) is 4.28. The summed E-state index contributed by atoms with van der Waals surface area (Å²) in [5.74, 6) is 0.136. The molecule has 1 aliphatic rings. The molecule has 2 heterocycles. The lowest BCUT2D eigenvalue weighted by atomic mass is 10.2. The van der Waals surface area contributed by atoms with Crippen LogP contribution in [0.15, 0.2) is 18.2 Å². The van der Waals surface area contributed by atoms with Gasteiger partial charge in [-0.3, -0.25) is 0 Å². The maximum Gasteiger partial charge on any atom is 0.586 e. The van der Waals surface area contributed by atoms with E-state index >= 15 is 0 Å². The third kappa shape index (κ3) is 2.16. The van der Waals surface area contributed by atoms with E-state index in [1.165, 1.54) is 17.7 Å². The molecular formula is C11H10F2N4O3. The van der Waals surface area contributed by atoms with E-state index in [0.29, 0.717) is 5.56 Å². The number of alkyl halides is 2. The highest BCUT2D eigenvalue weighted by atomic mass is 19.3. The molecule has 1 aromatic heterocycles. The molecule has 3 rings (SSSR count). The molecule has 1 aromatic carbocycles. The molecule has 0 spiro atoms. The van der Waals surface area contributed by atoms with Gasteiger partial charge in [-0.1, -0.05) is 12.1 Å².